The first-order valence-electron chi connectivity index (χ1n) is 7.07. The second-order valence-corrected chi connectivity index (χ2v) is 4.95. The summed E-state index contributed by atoms with van der Waals surface area (Å²) in [7, 11) is 0. The maximum Gasteiger partial charge on any atom is 0.328 e. The average Bonchev–Trinajstić information content (AvgIpc) is 2.37. The van der Waals surface area contributed by atoms with Crippen LogP contribution in [-0.2, 0) is 14.3 Å². The summed E-state index contributed by atoms with van der Waals surface area (Å²) in [5.41, 5.74) is 0. The lowest BCUT2D eigenvalue weighted by atomic mass is 10.2. The number of carbonyl (C=O) groups excluding carboxylic acids is 2. The van der Waals surface area contributed by atoms with E-state index in [1.165, 1.54) is 11.0 Å². The standard InChI is InChI=1S/C15H27NO3/c1-6-8-9-10-11-19-15(18)13(5)16(12(3)4)14(17)7-2/h7,12-13H,2,6,8-11H2,1,3-5H3. The molecule has 0 N–H and O–H groups in total. The predicted octanol–water partition coefficient (Wildman–Crippen LogP) is 2.92. The van der Waals surface area contributed by atoms with Gasteiger partial charge in [-0.25, -0.2) is 4.79 Å². The van der Waals surface area contributed by atoms with E-state index < -0.39 is 6.04 Å². The molecular formula is C15H27NO3. The number of ether oxygens (including phenoxy) is 1. The summed E-state index contributed by atoms with van der Waals surface area (Å²) in [6, 6.07) is -0.634. The van der Waals surface area contributed by atoms with Gasteiger partial charge in [0.15, 0.2) is 0 Å². The lowest BCUT2D eigenvalue weighted by Crippen LogP contribution is -2.47. The van der Waals surface area contributed by atoms with Gasteiger partial charge in [-0.2, -0.15) is 0 Å². The van der Waals surface area contributed by atoms with Crippen molar-refractivity contribution in [2.75, 3.05) is 6.61 Å². The first-order valence-corrected chi connectivity index (χ1v) is 7.07. The summed E-state index contributed by atoms with van der Waals surface area (Å²) in [5.74, 6) is -0.592. The predicted molar refractivity (Wildman–Crippen MR) is 76.7 cm³/mol. The Hall–Kier alpha value is -1.32. The largest absolute Gasteiger partial charge is 0.464 e. The number of nitrogens with zero attached hydrogens (tertiary/aromatic N) is 1. The summed E-state index contributed by atoms with van der Waals surface area (Å²) >= 11 is 0. The van der Waals surface area contributed by atoms with Gasteiger partial charge in [-0.15, -0.1) is 0 Å². The molecule has 0 aliphatic heterocycles. The van der Waals surface area contributed by atoms with Gasteiger partial charge >= 0.3 is 5.97 Å². The Morgan fingerprint density at radius 1 is 1.21 bits per heavy atom. The SMILES string of the molecule is C=CC(=O)N(C(C)C)C(C)C(=O)OCCCCCC. The molecule has 0 fully saturated rings. The number of hydrogen-bond donors (Lipinski definition) is 0. The fourth-order valence-corrected chi connectivity index (χ4v) is 1.93. The minimum absolute atomic E-state index is 0.0619. The van der Waals surface area contributed by atoms with E-state index in [0.717, 1.165) is 25.7 Å². The van der Waals surface area contributed by atoms with Crippen molar-refractivity contribution in [1.29, 1.82) is 0 Å². The summed E-state index contributed by atoms with van der Waals surface area (Å²) in [6.07, 6.45) is 5.48. The fraction of sp³-hybridized carbons (Fsp3) is 0.733. The highest BCUT2D eigenvalue weighted by atomic mass is 16.5. The first-order chi connectivity index (χ1) is 8.95. The van der Waals surface area contributed by atoms with Gasteiger partial charge in [0.2, 0.25) is 5.91 Å². The molecule has 0 aromatic heterocycles. The van der Waals surface area contributed by atoms with Crippen LogP contribution in [0.25, 0.3) is 0 Å². The summed E-state index contributed by atoms with van der Waals surface area (Å²) in [5, 5.41) is 0. The molecule has 0 spiro atoms. The van der Waals surface area contributed by atoms with E-state index in [1.54, 1.807) is 6.92 Å². The van der Waals surface area contributed by atoms with Crippen LogP contribution in [-0.4, -0.2) is 35.5 Å². The van der Waals surface area contributed by atoms with Crippen LogP contribution in [0.2, 0.25) is 0 Å². The number of amides is 1. The van der Waals surface area contributed by atoms with Gasteiger partial charge in [-0.1, -0.05) is 32.8 Å². The Labute approximate surface area is 116 Å². The normalized spacial score (nSPS) is 12.1. The van der Waals surface area contributed by atoms with Crippen molar-refractivity contribution in [3.63, 3.8) is 0 Å². The molecule has 0 aliphatic carbocycles. The van der Waals surface area contributed by atoms with Crippen LogP contribution < -0.4 is 0 Å². The molecule has 1 amide bonds. The summed E-state index contributed by atoms with van der Waals surface area (Å²) in [6.45, 7) is 11.4. The molecule has 0 saturated heterocycles. The van der Waals surface area contributed by atoms with Crippen molar-refractivity contribution < 1.29 is 14.3 Å². The zero-order chi connectivity index (χ0) is 14.8. The van der Waals surface area contributed by atoms with Crippen molar-refractivity contribution in [2.45, 2.75) is 65.5 Å². The van der Waals surface area contributed by atoms with Gasteiger partial charge in [0, 0.05) is 6.04 Å². The lowest BCUT2D eigenvalue weighted by Gasteiger charge is -2.30. The van der Waals surface area contributed by atoms with Gasteiger partial charge in [-0.3, -0.25) is 4.79 Å². The maximum atomic E-state index is 11.9. The van der Waals surface area contributed by atoms with E-state index in [9.17, 15) is 9.59 Å². The van der Waals surface area contributed by atoms with Crippen molar-refractivity contribution in [1.82, 2.24) is 4.90 Å². The van der Waals surface area contributed by atoms with E-state index in [1.807, 2.05) is 13.8 Å². The van der Waals surface area contributed by atoms with Gasteiger partial charge < -0.3 is 9.64 Å². The third kappa shape index (κ3) is 6.41. The molecule has 0 aliphatic rings. The quantitative estimate of drug-likeness (QED) is 0.367. The van der Waals surface area contributed by atoms with E-state index in [0.29, 0.717) is 6.61 Å². The first kappa shape index (κ1) is 17.7. The minimum atomic E-state index is -0.573. The monoisotopic (exact) mass is 269 g/mol. The molecule has 110 valence electrons. The fourth-order valence-electron chi connectivity index (χ4n) is 1.93. The third-order valence-electron chi connectivity index (χ3n) is 2.99. The Balaban J connectivity index is 4.28. The zero-order valence-electron chi connectivity index (χ0n) is 12.6. The smallest absolute Gasteiger partial charge is 0.328 e. The van der Waals surface area contributed by atoms with E-state index in [-0.39, 0.29) is 17.9 Å². The minimum Gasteiger partial charge on any atom is -0.464 e. The van der Waals surface area contributed by atoms with Crippen molar-refractivity contribution in [3.05, 3.63) is 12.7 Å². The van der Waals surface area contributed by atoms with E-state index >= 15 is 0 Å². The summed E-state index contributed by atoms with van der Waals surface area (Å²) in [4.78, 5) is 25.1. The van der Waals surface area contributed by atoms with Crippen LogP contribution in [0, 0.1) is 0 Å². The second-order valence-electron chi connectivity index (χ2n) is 4.95. The van der Waals surface area contributed by atoms with Crippen LogP contribution >= 0.6 is 0 Å². The number of unbranched alkanes of at least 4 members (excludes halogenated alkanes) is 3. The maximum absolute atomic E-state index is 11.9. The average molecular weight is 269 g/mol. The van der Waals surface area contributed by atoms with Crippen LogP contribution in [0.15, 0.2) is 12.7 Å². The topological polar surface area (TPSA) is 46.6 Å². The molecule has 0 aromatic rings. The molecule has 1 atom stereocenters. The molecule has 0 bridgehead atoms. The Bertz CT molecular complexity index is 300. The summed E-state index contributed by atoms with van der Waals surface area (Å²) < 4.78 is 5.21. The number of rotatable bonds is 9. The van der Waals surface area contributed by atoms with Gasteiger partial charge in [0.25, 0.3) is 0 Å². The van der Waals surface area contributed by atoms with Crippen molar-refractivity contribution >= 4 is 11.9 Å². The molecule has 0 saturated carbocycles. The van der Waals surface area contributed by atoms with Gasteiger partial charge in [0.1, 0.15) is 6.04 Å². The Morgan fingerprint density at radius 3 is 2.32 bits per heavy atom. The molecular weight excluding hydrogens is 242 g/mol. The molecule has 0 aromatic carbocycles. The van der Waals surface area contributed by atoms with Crippen LogP contribution in [0.5, 0.6) is 0 Å². The van der Waals surface area contributed by atoms with Crippen LogP contribution in [0.3, 0.4) is 0 Å². The number of hydrogen-bond acceptors (Lipinski definition) is 3. The van der Waals surface area contributed by atoms with Crippen molar-refractivity contribution in [3.8, 4) is 0 Å². The Morgan fingerprint density at radius 2 is 1.84 bits per heavy atom. The lowest BCUT2D eigenvalue weighted by molar-refractivity contribution is -0.154. The van der Waals surface area contributed by atoms with E-state index in [2.05, 4.69) is 13.5 Å². The highest BCUT2D eigenvalue weighted by Gasteiger charge is 2.27. The van der Waals surface area contributed by atoms with Gasteiger partial charge in [-0.05, 0) is 33.3 Å². The highest BCUT2D eigenvalue weighted by molar-refractivity contribution is 5.91. The molecule has 4 heteroatoms. The molecule has 4 nitrogen and oxygen atoms in total. The third-order valence-corrected chi connectivity index (χ3v) is 2.99. The number of carbonyl (C=O) groups is 2. The zero-order valence-corrected chi connectivity index (χ0v) is 12.6. The van der Waals surface area contributed by atoms with Crippen molar-refractivity contribution in [2.24, 2.45) is 0 Å². The van der Waals surface area contributed by atoms with Crippen LogP contribution in [0.4, 0.5) is 0 Å². The second kappa shape index (κ2) is 9.59. The highest BCUT2D eigenvalue weighted by Crippen LogP contribution is 2.09. The molecule has 0 heterocycles. The van der Waals surface area contributed by atoms with E-state index in [4.69, 9.17) is 4.74 Å². The van der Waals surface area contributed by atoms with Crippen LogP contribution in [0.1, 0.15) is 53.4 Å². The Kier molecular flexibility index (Phi) is 8.92. The molecule has 1 unspecified atom stereocenters. The molecule has 0 radical (unpaired) electrons. The molecule has 19 heavy (non-hydrogen) atoms. The molecule has 0 rings (SSSR count). The number of esters is 1. The van der Waals surface area contributed by atoms with Gasteiger partial charge in [0.05, 0.1) is 6.61 Å².